The van der Waals surface area contributed by atoms with Gasteiger partial charge < -0.3 is 5.32 Å². The molecule has 4 nitrogen and oxygen atoms in total. The summed E-state index contributed by atoms with van der Waals surface area (Å²) in [6.45, 7) is 0.881. The second-order valence-corrected chi connectivity index (χ2v) is 4.20. The van der Waals surface area contributed by atoms with Crippen molar-refractivity contribution in [3.63, 3.8) is 0 Å². The van der Waals surface area contributed by atoms with Crippen molar-refractivity contribution in [1.82, 2.24) is 10.2 Å². The van der Waals surface area contributed by atoms with Crippen LogP contribution in [0.15, 0.2) is 23.8 Å². The molecule has 1 N–H and O–H groups in total. The van der Waals surface area contributed by atoms with Crippen molar-refractivity contribution in [3.8, 4) is 6.07 Å². The van der Waals surface area contributed by atoms with E-state index in [0.29, 0.717) is 5.69 Å². The molecule has 0 bridgehead atoms. The lowest BCUT2D eigenvalue weighted by atomic mass is 9.97. The van der Waals surface area contributed by atoms with Crippen molar-refractivity contribution in [2.24, 2.45) is 0 Å². The highest BCUT2D eigenvalue weighted by atomic mass is 15.2. The molecule has 1 aromatic heterocycles. The number of hydrogen-bond acceptors (Lipinski definition) is 4. The second kappa shape index (κ2) is 6.00. The fraction of sp³-hybridized carbons (Fsp3) is 0.462. The van der Waals surface area contributed by atoms with Gasteiger partial charge in [-0.15, -0.1) is 10.2 Å². The smallest absolute Gasteiger partial charge is 0.163 e. The number of aromatic nitrogens is 2. The van der Waals surface area contributed by atoms with Crippen molar-refractivity contribution < 1.29 is 0 Å². The Morgan fingerprint density at radius 1 is 1.29 bits per heavy atom. The van der Waals surface area contributed by atoms with Crippen LogP contribution < -0.4 is 5.32 Å². The Balaban J connectivity index is 1.77. The molecule has 1 heterocycles. The number of rotatable bonds is 4. The molecule has 0 saturated heterocycles. The molecule has 4 heteroatoms. The molecule has 1 aliphatic rings. The summed E-state index contributed by atoms with van der Waals surface area (Å²) in [5, 5.41) is 19.5. The zero-order valence-corrected chi connectivity index (χ0v) is 9.82. The van der Waals surface area contributed by atoms with Gasteiger partial charge in [-0.25, -0.2) is 0 Å². The first kappa shape index (κ1) is 11.6. The molecule has 0 amide bonds. The Kier molecular flexibility index (Phi) is 4.09. The van der Waals surface area contributed by atoms with Gasteiger partial charge in [0.1, 0.15) is 11.9 Å². The summed E-state index contributed by atoms with van der Waals surface area (Å²) in [5.74, 6) is 0.736. The Hall–Kier alpha value is -1.89. The van der Waals surface area contributed by atoms with Gasteiger partial charge in [-0.05, 0) is 44.2 Å². The van der Waals surface area contributed by atoms with E-state index >= 15 is 0 Å². The normalized spacial score (nSPS) is 14.9. The maximum atomic E-state index is 8.59. The summed E-state index contributed by atoms with van der Waals surface area (Å²) < 4.78 is 0. The van der Waals surface area contributed by atoms with E-state index in [1.54, 1.807) is 17.7 Å². The number of anilines is 1. The molecule has 1 aromatic rings. The van der Waals surface area contributed by atoms with E-state index < -0.39 is 0 Å². The Morgan fingerprint density at radius 3 is 2.88 bits per heavy atom. The number of nitrogens with zero attached hydrogens (tertiary/aromatic N) is 3. The van der Waals surface area contributed by atoms with Crippen LogP contribution >= 0.6 is 0 Å². The molecule has 0 atom stereocenters. The van der Waals surface area contributed by atoms with Gasteiger partial charge >= 0.3 is 0 Å². The molecular formula is C13H16N4. The molecule has 2 rings (SSSR count). The van der Waals surface area contributed by atoms with E-state index in [0.717, 1.165) is 18.8 Å². The highest BCUT2D eigenvalue weighted by Gasteiger charge is 2.03. The van der Waals surface area contributed by atoms with Crippen LogP contribution in [0.5, 0.6) is 0 Å². The molecular weight excluding hydrogens is 212 g/mol. The largest absolute Gasteiger partial charge is 0.368 e. The predicted octanol–water partition coefficient (Wildman–Crippen LogP) is 2.65. The summed E-state index contributed by atoms with van der Waals surface area (Å²) >= 11 is 0. The standard InChI is InChI=1S/C13H16N4/c14-10-12-6-7-13(17-16-12)15-9-8-11-4-2-1-3-5-11/h4,6-7H,1-3,5,8-9H2,(H,15,17). The van der Waals surface area contributed by atoms with Crippen molar-refractivity contribution >= 4 is 5.82 Å². The molecule has 0 saturated carbocycles. The number of hydrogen-bond donors (Lipinski definition) is 1. The van der Waals surface area contributed by atoms with Gasteiger partial charge in [-0.3, -0.25) is 0 Å². The first-order valence-electron chi connectivity index (χ1n) is 6.04. The van der Waals surface area contributed by atoms with Gasteiger partial charge in [-0.1, -0.05) is 11.6 Å². The maximum Gasteiger partial charge on any atom is 0.163 e. The minimum absolute atomic E-state index is 0.352. The predicted molar refractivity (Wildman–Crippen MR) is 66.4 cm³/mol. The Labute approximate surface area is 101 Å². The SMILES string of the molecule is N#Cc1ccc(NCCC2=CCCCC2)nn1. The fourth-order valence-electron chi connectivity index (χ4n) is 1.97. The van der Waals surface area contributed by atoms with Crippen LogP contribution in [-0.2, 0) is 0 Å². The van der Waals surface area contributed by atoms with Gasteiger partial charge in [0.05, 0.1) is 0 Å². The second-order valence-electron chi connectivity index (χ2n) is 4.20. The van der Waals surface area contributed by atoms with E-state index in [4.69, 9.17) is 5.26 Å². The average molecular weight is 228 g/mol. The highest BCUT2D eigenvalue weighted by molar-refractivity contribution is 5.35. The average Bonchev–Trinajstić information content (AvgIpc) is 2.41. The number of allylic oxidation sites excluding steroid dienone is 1. The van der Waals surface area contributed by atoms with Crippen molar-refractivity contribution in [2.45, 2.75) is 32.1 Å². The summed E-state index contributed by atoms with van der Waals surface area (Å²) in [5.41, 5.74) is 1.90. The van der Waals surface area contributed by atoms with Crippen LogP contribution in [0.4, 0.5) is 5.82 Å². The van der Waals surface area contributed by atoms with Crippen LogP contribution in [0.25, 0.3) is 0 Å². The van der Waals surface area contributed by atoms with E-state index in [-0.39, 0.29) is 0 Å². The van der Waals surface area contributed by atoms with Crippen LogP contribution in [0.2, 0.25) is 0 Å². The van der Waals surface area contributed by atoms with Gasteiger partial charge in [0.25, 0.3) is 0 Å². The molecule has 17 heavy (non-hydrogen) atoms. The molecule has 0 radical (unpaired) electrons. The summed E-state index contributed by atoms with van der Waals surface area (Å²) in [4.78, 5) is 0. The monoisotopic (exact) mass is 228 g/mol. The molecule has 0 fully saturated rings. The van der Waals surface area contributed by atoms with E-state index in [9.17, 15) is 0 Å². The van der Waals surface area contributed by atoms with E-state index in [1.165, 1.54) is 25.7 Å². The number of nitrogens with one attached hydrogen (secondary N) is 1. The highest BCUT2D eigenvalue weighted by Crippen LogP contribution is 2.19. The van der Waals surface area contributed by atoms with E-state index in [1.807, 2.05) is 6.07 Å². The lowest BCUT2D eigenvalue weighted by molar-refractivity contribution is 0.679. The van der Waals surface area contributed by atoms with Gasteiger partial charge in [0, 0.05) is 6.54 Å². The van der Waals surface area contributed by atoms with E-state index in [2.05, 4.69) is 21.6 Å². The lowest BCUT2D eigenvalue weighted by Gasteiger charge is -2.12. The van der Waals surface area contributed by atoms with Crippen molar-refractivity contribution in [2.75, 3.05) is 11.9 Å². The first-order chi connectivity index (χ1) is 8.38. The van der Waals surface area contributed by atoms with Crippen LogP contribution in [0, 0.1) is 11.3 Å². The van der Waals surface area contributed by atoms with Crippen molar-refractivity contribution in [3.05, 3.63) is 29.5 Å². The third kappa shape index (κ3) is 3.56. The Bertz CT molecular complexity index is 428. The van der Waals surface area contributed by atoms with Crippen LogP contribution in [0.1, 0.15) is 37.8 Å². The summed E-state index contributed by atoms with van der Waals surface area (Å²) in [7, 11) is 0. The topological polar surface area (TPSA) is 61.6 Å². The number of nitriles is 1. The van der Waals surface area contributed by atoms with Crippen LogP contribution in [-0.4, -0.2) is 16.7 Å². The zero-order chi connectivity index (χ0) is 11.9. The molecule has 0 spiro atoms. The molecule has 1 aliphatic carbocycles. The van der Waals surface area contributed by atoms with Gasteiger partial charge in [0.2, 0.25) is 0 Å². The minimum Gasteiger partial charge on any atom is -0.368 e. The quantitative estimate of drug-likeness (QED) is 0.805. The first-order valence-corrected chi connectivity index (χ1v) is 6.04. The summed E-state index contributed by atoms with van der Waals surface area (Å²) in [6.07, 6.45) is 8.55. The van der Waals surface area contributed by atoms with Gasteiger partial charge in [0.15, 0.2) is 5.69 Å². The molecule has 0 unspecified atom stereocenters. The lowest BCUT2D eigenvalue weighted by Crippen LogP contribution is -2.06. The summed E-state index contributed by atoms with van der Waals surface area (Å²) in [6, 6.07) is 5.42. The van der Waals surface area contributed by atoms with Gasteiger partial charge in [-0.2, -0.15) is 5.26 Å². The molecule has 0 aromatic carbocycles. The fourth-order valence-corrected chi connectivity index (χ4v) is 1.97. The molecule has 88 valence electrons. The molecule has 0 aliphatic heterocycles. The minimum atomic E-state index is 0.352. The third-order valence-electron chi connectivity index (χ3n) is 2.92. The third-order valence-corrected chi connectivity index (χ3v) is 2.92. The zero-order valence-electron chi connectivity index (χ0n) is 9.82. The maximum absolute atomic E-state index is 8.59. The van der Waals surface area contributed by atoms with Crippen molar-refractivity contribution in [1.29, 1.82) is 5.26 Å². The van der Waals surface area contributed by atoms with Crippen LogP contribution in [0.3, 0.4) is 0 Å². The Morgan fingerprint density at radius 2 is 2.24 bits per heavy atom.